The average molecular weight is 449 g/mol. The predicted octanol–water partition coefficient (Wildman–Crippen LogP) is 2.91. The second-order valence-electron chi connectivity index (χ2n) is 7.87. The summed E-state index contributed by atoms with van der Waals surface area (Å²) in [5.74, 6) is 0.763. The fourth-order valence-corrected chi connectivity index (χ4v) is 3.72. The van der Waals surface area contributed by atoms with Gasteiger partial charge in [0.2, 0.25) is 11.6 Å². The van der Waals surface area contributed by atoms with Gasteiger partial charge in [0.1, 0.15) is 17.4 Å². The molecule has 0 fully saturated rings. The van der Waals surface area contributed by atoms with E-state index in [1.54, 1.807) is 30.0 Å². The van der Waals surface area contributed by atoms with Crippen molar-refractivity contribution >= 4 is 11.6 Å². The topological polar surface area (TPSA) is 90.5 Å². The Kier molecular flexibility index (Phi) is 6.48. The number of methoxy groups -OCH3 is 1. The Morgan fingerprint density at radius 3 is 2.76 bits per heavy atom. The van der Waals surface area contributed by atoms with Gasteiger partial charge >= 0.3 is 5.56 Å². The number of fused-ring (bicyclic) bond motifs is 1. The molecule has 4 aromatic rings. The molecule has 9 heteroatoms. The van der Waals surface area contributed by atoms with Crippen LogP contribution >= 0.6 is 0 Å². The Hall–Kier alpha value is -4.01. The summed E-state index contributed by atoms with van der Waals surface area (Å²) in [7, 11) is 1.60. The molecule has 8 nitrogen and oxygen atoms in total. The zero-order chi connectivity index (χ0) is 23.4. The molecule has 170 valence electrons. The third-order valence-corrected chi connectivity index (χ3v) is 5.36. The number of benzene rings is 2. The number of carbonyl (C=O) groups excluding carboxylic acids is 1. The number of aromatic nitrogens is 4. The molecule has 0 aliphatic carbocycles. The quantitative estimate of drug-likeness (QED) is 0.447. The van der Waals surface area contributed by atoms with Gasteiger partial charge in [-0.1, -0.05) is 31.2 Å². The van der Waals surface area contributed by atoms with E-state index in [4.69, 9.17) is 4.74 Å². The van der Waals surface area contributed by atoms with Crippen LogP contribution in [0.3, 0.4) is 0 Å². The highest BCUT2D eigenvalue weighted by Gasteiger charge is 2.16. The minimum atomic E-state index is -0.431. The monoisotopic (exact) mass is 449 g/mol. The van der Waals surface area contributed by atoms with Crippen LogP contribution in [0.25, 0.3) is 11.3 Å². The van der Waals surface area contributed by atoms with Gasteiger partial charge in [-0.15, -0.1) is 10.2 Å². The van der Waals surface area contributed by atoms with E-state index >= 15 is 0 Å². The van der Waals surface area contributed by atoms with Crippen molar-refractivity contribution in [1.82, 2.24) is 24.5 Å². The second kappa shape index (κ2) is 9.64. The molecule has 0 aliphatic heterocycles. The van der Waals surface area contributed by atoms with Crippen LogP contribution in [-0.4, -0.2) is 32.2 Å². The highest BCUT2D eigenvalue weighted by atomic mass is 19.1. The Morgan fingerprint density at radius 2 is 1.97 bits per heavy atom. The van der Waals surface area contributed by atoms with Crippen molar-refractivity contribution in [2.24, 2.45) is 5.92 Å². The average Bonchev–Trinajstić information content (AvgIpc) is 3.21. The smallest absolute Gasteiger partial charge is 0.300 e. The van der Waals surface area contributed by atoms with Gasteiger partial charge in [0.05, 0.1) is 12.8 Å². The molecule has 2 heterocycles. The molecule has 0 saturated heterocycles. The number of rotatable bonds is 8. The molecule has 1 N–H and O–H groups in total. The normalized spacial score (nSPS) is 12.0. The molecule has 33 heavy (non-hydrogen) atoms. The summed E-state index contributed by atoms with van der Waals surface area (Å²) in [6.07, 6.45) is 3.99. The first-order valence-corrected chi connectivity index (χ1v) is 10.6. The summed E-state index contributed by atoms with van der Waals surface area (Å²) in [4.78, 5) is 25.3. The third kappa shape index (κ3) is 4.92. The summed E-state index contributed by atoms with van der Waals surface area (Å²) >= 11 is 0. The number of para-hydroxylation sites is 1. The van der Waals surface area contributed by atoms with Crippen LogP contribution in [0.2, 0.25) is 0 Å². The van der Waals surface area contributed by atoms with E-state index in [1.807, 2.05) is 31.2 Å². The van der Waals surface area contributed by atoms with Gasteiger partial charge < -0.3 is 10.1 Å². The number of hydrogen-bond acceptors (Lipinski definition) is 5. The zero-order valence-electron chi connectivity index (χ0n) is 18.4. The van der Waals surface area contributed by atoms with Crippen LogP contribution < -0.4 is 15.6 Å². The summed E-state index contributed by atoms with van der Waals surface area (Å²) < 4.78 is 21.8. The van der Waals surface area contributed by atoms with Crippen LogP contribution in [0, 0.1) is 11.7 Å². The van der Waals surface area contributed by atoms with Gasteiger partial charge in [-0.05, 0) is 30.2 Å². The predicted molar refractivity (Wildman–Crippen MR) is 121 cm³/mol. The van der Waals surface area contributed by atoms with Crippen molar-refractivity contribution in [2.45, 2.75) is 26.3 Å². The van der Waals surface area contributed by atoms with Crippen molar-refractivity contribution in [3.05, 3.63) is 88.5 Å². The molecule has 0 unspecified atom stereocenters. The molecule has 0 bridgehead atoms. The van der Waals surface area contributed by atoms with Crippen molar-refractivity contribution < 1.29 is 13.9 Å². The fraction of sp³-hybridized carbons (Fsp3) is 0.250. The standard InChI is InChI=1S/C24H24FN5O3/c1-16(13-22(31)26-15-17-6-3-4-9-20(17)33-2)12-21-27-28-23-24(32)29(10-11-30(21)23)19-8-5-7-18(25)14-19/h3-11,14,16H,12-13,15H2,1-2H3,(H,26,31)/t16-/m0/s1. The van der Waals surface area contributed by atoms with Crippen molar-refractivity contribution in [1.29, 1.82) is 0 Å². The molecule has 0 spiro atoms. The van der Waals surface area contributed by atoms with Crippen LogP contribution in [-0.2, 0) is 17.8 Å². The molecule has 1 amide bonds. The number of carbonyl (C=O) groups is 1. The molecule has 2 aromatic heterocycles. The molecule has 1 atom stereocenters. The lowest BCUT2D eigenvalue weighted by Crippen LogP contribution is -2.25. The molecule has 4 rings (SSSR count). The van der Waals surface area contributed by atoms with Crippen molar-refractivity contribution in [3.8, 4) is 11.4 Å². The molecular weight excluding hydrogens is 425 g/mol. The maximum absolute atomic E-state index is 13.6. The Balaban J connectivity index is 1.43. The maximum Gasteiger partial charge on any atom is 0.300 e. The highest BCUT2D eigenvalue weighted by molar-refractivity contribution is 5.76. The SMILES string of the molecule is COc1ccccc1CNC(=O)C[C@@H](C)Cc1nnc2c(=O)n(-c3cccc(F)c3)ccn12. The molecule has 0 saturated carbocycles. The fourth-order valence-electron chi connectivity index (χ4n) is 3.72. The minimum Gasteiger partial charge on any atom is -0.496 e. The third-order valence-electron chi connectivity index (χ3n) is 5.36. The lowest BCUT2D eigenvalue weighted by atomic mass is 10.0. The zero-order valence-corrected chi connectivity index (χ0v) is 18.4. The summed E-state index contributed by atoms with van der Waals surface area (Å²) in [5, 5.41) is 11.1. The van der Waals surface area contributed by atoms with Crippen molar-refractivity contribution in [2.75, 3.05) is 7.11 Å². The Labute approximate surface area is 189 Å². The van der Waals surface area contributed by atoms with Gasteiger partial charge in [-0.25, -0.2) is 4.39 Å². The molecular formula is C24H24FN5O3. The molecule has 2 aromatic carbocycles. The first-order chi connectivity index (χ1) is 16.0. The number of amides is 1. The summed E-state index contributed by atoms with van der Waals surface area (Å²) in [6.45, 7) is 2.32. The van der Waals surface area contributed by atoms with Gasteiger partial charge in [0.25, 0.3) is 0 Å². The van der Waals surface area contributed by atoms with Gasteiger partial charge in [-0.2, -0.15) is 0 Å². The number of halogens is 1. The number of nitrogens with zero attached hydrogens (tertiary/aromatic N) is 4. The van der Waals surface area contributed by atoms with E-state index < -0.39 is 11.4 Å². The van der Waals surface area contributed by atoms with E-state index in [0.717, 1.165) is 11.3 Å². The van der Waals surface area contributed by atoms with Crippen LogP contribution in [0.5, 0.6) is 5.75 Å². The van der Waals surface area contributed by atoms with E-state index in [2.05, 4.69) is 15.5 Å². The van der Waals surface area contributed by atoms with E-state index in [-0.39, 0.29) is 17.5 Å². The van der Waals surface area contributed by atoms with E-state index in [9.17, 15) is 14.0 Å². The lowest BCUT2D eigenvalue weighted by molar-refractivity contribution is -0.122. The Morgan fingerprint density at radius 1 is 1.15 bits per heavy atom. The summed E-state index contributed by atoms with van der Waals surface area (Å²) in [6, 6.07) is 13.3. The van der Waals surface area contributed by atoms with E-state index in [0.29, 0.717) is 30.9 Å². The highest BCUT2D eigenvalue weighted by Crippen LogP contribution is 2.17. The maximum atomic E-state index is 13.6. The van der Waals surface area contributed by atoms with Crippen LogP contribution in [0.15, 0.2) is 65.7 Å². The summed E-state index contributed by atoms with van der Waals surface area (Å²) in [5.41, 5.74) is 1.06. The number of nitrogens with one attached hydrogen (secondary N) is 1. The second-order valence-corrected chi connectivity index (χ2v) is 7.87. The Bertz CT molecular complexity index is 1350. The first kappa shape index (κ1) is 22.2. The van der Waals surface area contributed by atoms with Crippen LogP contribution in [0.4, 0.5) is 4.39 Å². The molecule has 0 aliphatic rings. The number of hydrogen-bond donors (Lipinski definition) is 1. The van der Waals surface area contributed by atoms with Gasteiger partial charge in [0.15, 0.2) is 0 Å². The lowest BCUT2D eigenvalue weighted by Gasteiger charge is -2.12. The molecule has 0 radical (unpaired) electrons. The largest absolute Gasteiger partial charge is 0.496 e. The van der Waals surface area contributed by atoms with Crippen molar-refractivity contribution in [3.63, 3.8) is 0 Å². The van der Waals surface area contributed by atoms with E-state index in [1.165, 1.54) is 22.8 Å². The minimum absolute atomic E-state index is 0.0271. The van der Waals surface area contributed by atoms with Crippen LogP contribution in [0.1, 0.15) is 24.7 Å². The van der Waals surface area contributed by atoms with Gasteiger partial charge in [0, 0.05) is 37.3 Å². The first-order valence-electron chi connectivity index (χ1n) is 10.6. The number of ether oxygens (including phenoxy) is 1. The van der Waals surface area contributed by atoms with Gasteiger partial charge in [-0.3, -0.25) is 18.6 Å².